The number of carbonyl (C=O) groups is 1. The second kappa shape index (κ2) is 7.10. The van der Waals surface area contributed by atoms with Gasteiger partial charge in [-0.25, -0.2) is 4.98 Å². The molecule has 1 aliphatic rings. The van der Waals surface area contributed by atoms with Gasteiger partial charge in [-0.1, -0.05) is 12.1 Å². The van der Waals surface area contributed by atoms with Gasteiger partial charge in [0.1, 0.15) is 5.75 Å². The maximum Gasteiger partial charge on any atom is 0.229 e. The highest BCUT2D eigenvalue weighted by atomic mass is 32.1. The Hall–Kier alpha value is -1.92. The van der Waals surface area contributed by atoms with Crippen LogP contribution in [-0.2, 0) is 11.2 Å². The lowest BCUT2D eigenvalue weighted by Crippen LogP contribution is -2.49. The van der Waals surface area contributed by atoms with E-state index in [1.165, 1.54) is 0 Å². The number of thiazole rings is 1. The van der Waals surface area contributed by atoms with E-state index in [1.54, 1.807) is 18.4 Å². The van der Waals surface area contributed by atoms with Crippen LogP contribution in [0.4, 0.5) is 0 Å². The molecule has 2 heterocycles. The summed E-state index contributed by atoms with van der Waals surface area (Å²) in [7, 11) is 1.66. The van der Waals surface area contributed by atoms with Gasteiger partial charge in [0.05, 0.1) is 30.3 Å². The number of aryl methyl sites for hydroxylation is 1. The first-order valence-corrected chi connectivity index (χ1v) is 8.60. The van der Waals surface area contributed by atoms with Gasteiger partial charge in [0.15, 0.2) is 0 Å². The molecule has 1 amide bonds. The number of methoxy groups -OCH3 is 1. The number of rotatable bonds is 4. The molecule has 0 unspecified atom stereocenters. The Bertz CT molecular complexity index is 669. The number of aromatic nitrogens is 1. The van der Waals surface area contributed by atoms with Gasteiger partial charge in [0, 0.05) is 25.0 Å². The number of benzene rings is 1. The Morgan fingerprint density at radius 3 is 2.87 bits per heavy atom. The Labute approximate surface area is 140 Å². The maximum absolute atomic E-state index is 12.7. The van der Waals surface area contributed by atoms with Crippen molar-refractivity contribution < 1.29 is 9.53 Å². The topological polar surface area (TPSA) is 54.5 Å². The predicted molar refractivity (Wildman–Crippen MR) is 90.9 cm³/mol. The fourth-order valence-electron chi connectivity index (χ4n) is 2.87. The van der Waals surface area contributed by atoms with Crippen LogP contribution in [-0.4, -0.2) is 42.5 Å². The van der Waals surface area contributed by atoms with Gasteiger partial charge in [-0.2, -0.15) is 0 Å². The van der Waals surface area contributed by atoms with Crippen molar-refractivity contribution in [3.63, 3.8) is 0 Å². The van der Waals surface area contributed by atoms with Gasteiger partial charge >= 0.3 is 0 Å². The number of hydrogen-bond donors (Lipinski definition) is 1. The van der Waals surface area contributed by atoms with Crippen LogP contribution in [0.1, 0.15) is 22.3 Å². The Morgan fingerprint density at radius 2 is 2.22 bits per heavy atom. The molecular formula is C17H21N3O2S. The van der Waals surface area contributed by atoms with E-state index in [0.29, 0.717) is 6.42 Å². The van der Waals surface area contributed by atoms with Crippen LogP contribution in [0.3, 0.4) is 0 Å². The minimum atomic E-state index is 0.0573. The first kappa shape index (κ1) is 16.0. The summed E-state index contributed by atoms with van der Waals surface area (Å²) in [5.41, 5.74) is 1.99. The van der Waals surface area contributed by atoms with Crippen LogP contribution in [0, 0.1) is 6.92 Å². The van der Waals surface area contributed by atoms with Gasteiger partial charge in [-0.05, 0) is 24.6 Å². The molecule has 1 atom stereocenters. The summed E-state index contributed by atoms with van der Waals surface area (Å²) in [6.07, 6.45) is 0.372. The number of nitrogens with one attached hydrogen (secondary N) is 1. The molecule has 1 fully saturated rings. The van der Waals surface area contributed by atoms with Crippen molar-refractivity contribution in [1.29, 1.82) is 0 Å². The molecule has 0 radical (unpaired) electrons. The molecule has 1 aromatic carbocycles. The summed E-state index contributed by atoms with van der Waals surface area (Å²) in [6.45, 7) is 4.28. The van der Waals surface area contributed by atoms with Crippen molar-refractivity contribution in [2.24, 2.45) is 0 Å². The number of piperazine rings is 1. The first-order chi connectivity index (χ1) is 11.2. The van der Waals surface area contributed by atoms with Gasteiger partial charge < -0.3 is 15.0 Å². The zero-order valence-electron chi connectivity index (χ0n) is 13.4. The monoisotopic (exact) mass is 331 g/mol. The Morgan fingerprint density at radius 1 is 1.43 bits per heavy atom. The highest BCUT2D eigenvalue weighted by molar-refractivity contribution is 7.09. The molecule has 1 aliphatic heterocycles. The van der Waals surface area contributed by atoms with E-state index >= 15 is 0 Å². The van der Waals surface area contributed by atoms with E-state index in [2.05, 4.69) is 10.3 Å². The molecule has 1 N–H and O–H groups in total. The van der Waals surface area contributed by atoms with Crippen LogP contribution < -0.4 is 10.1 Å². The molecule has 0 bridgehead atoms. The first-order valence-electron chi connectivity index (χ1n) is 7.72. The minimum absolute atomic E-state index is 0.0573. The third-order valence-electron chi connectivity index (χ3n) is 4.06. The smallest absolute Gasteiger partial charge is 0.229 e. The number of ether oxygens (including phenoxy) is 1. The molecule has 1 aromatic heterocycles. The largest absolute Gasteiger partial charge is 0.497 e. The van der Waals surface area contributed by atoms with Crippen LogP contribution in [0.25, 0.3) is 0 Å². The van der Waals surface area contributed by atoms with Crippen LogP contribution in [0.2, 0.25) is 0 Å². The SMILES string of the molecule is COc1ccc([C@@H]2CNCCN2C(=O)Cc2csc(C)n2)cc1. The van der Waals surface area contributed by atoms with Crippen molar-refractivity contribution in [2.45, 2.75) is 19.4 Å². The highest BCUT2D eigenvalue weighted by Gasteiger charge is 2.28. The molecule has 1 saturated heterocycles. The highest BCUT2D eigenvalue weighted by Crippen LogP contribution is 2.25. The molecule has 0 saturated carbocycles. The fourth-order valence-corrected chi connectivity index (χ4v) is 3.49. The average molecular weight is 331 g/mol. The standard InChI is InChI=1S/C17H21N3O2S/c1-12-19-14(11-23-12)9-17(21)20-8-7-18-10-16(20)13-3-5-15(22-2)6-4-13/h3-6,11,16,18H,7-10H2,1-2H3/t16-/m0/s1. The summed E-state index contributed by atoms with van der Waals surface area (Å²) in [4.78, 5) is 19.1. The van der Waals surface area contributed by atoms with Gasteiger partial charge in [0.2, 0.25) is 5.91 Å². The molecule has 2 aromatic rings. The summed E-state index contributed by atoms with van der Waals surface area (Å²) in [5.74, 6) is 0.964. The van der Waals surface area contributed by atoms with Crippen LogP contribution >= 0.6 is 11.3 Å². The molecule has 3 rings (SSSR count). The van der Waals surface area contributed by atoms with Crippen molar-refractivity contribution in [2.75, 3.05) is 26.7 Å². The third-order valence-corrected chi connectivity index (χ3v) is 4.89. The quantitative estimate of drug-likeness (QED) is 0.933. The molecule has 0 aliphatic carbocycles. The Kier molecular flexibility index (Phi) is 4.93. The van der Waals surface area contributed by atoms with Crippen molar-refractivity contribution >= 4 is 17.2 Å². The Balaban J connectivity index is 1.75. The zero-order chi connectivity index (χ0) is 16.2. The second-order valence-corrected chi connectivity index (χ2v) is 6.68. The third kappa shape index (κ3) is 3.71. The van der Waals surface area contributed by atoms with E-state index in [4.69, 9.17) is 4.74 Å². The van der Waals surface area contributed by atoms with E-state index in [1.807, 2.05) is 41.5 Å². The number of hydrogen-bond acceptors (Lipinski definition) is 5. The number of carbonyl (C=O) groups excluding carboxylic acids is 1. The summed E-state index contributed by atoms with van der Waals surface area (Å²) in [6, 6.07) is 8.00. The van der Waals surface area contributed by atoms with Gasteiger partial charge in [-0.15, -0.1) is 11.3 Å². The van der Waals surface area contributed by atoms with Crippen molar-refractivity contribution in [3.8, 4) is 5.75 Å². The average Bonchev–Trinajstić information content (AvgIpc) is 3.00. The zero-order valence-corrected chi connectivity index (χ0v) is 14.2. The molecule has 122 valence electrons. The second-order valence-electron chi connectivity index (χ2n) is 5.61. The lowest BCUT2D eigenvalue weighted by atomic mass is 10.0. The van der Waals surface area contributed by atoms with Crippen molar-refractivity contribution in [3.05, 3.63) is 45.9 Å². The van der Waals surface area contributed by atoms with E-state index < -0.39 is 0 Å². The fraction of sp³-hybridized carbons (Fsp3) is 0.412. The number of nitrogens with zero attached hydrogens (tertiary/aromatic N) is 2. The maximum atomic E-state index is 12.7. The lowest BCUT2D eigenvalue weighted by Gasteiger charge is -2.36. The number of amides is 1. The summed E-state index contributed by atoms with van der Waals surface area (Å²) >= 11 is 1.59. The van der Waals surface area contributed by atoms with Crippen LogP contribution in [0.15, 0.2) is 29.6 Å². The molecule has 6 heteroatoms. The van der Waals surface area contributed by atoms with Crippen molar-refractivity contribution in [1.82, 2.24) is 15.2 Å². The molecule has 5 nitrogen and oxygen atoms in total. The van der Waals surface area contributed by atoms with E-state index in [0.717, 1.165) is 41.6 Å². The normalized spacial score (nSPS) is 18.0. The molecule has 0 spiro atoms. The van der Waals surface area contributed by atoms with Crippen LogP contribution in [0.5, 0.6) is 5.75 Å². The van der Waals surface area contributed by atoms with Gasteiger partial charge in [-0.3, -0.25) is 4.79 Å². The van der Waals surface area contributed by atoms with E-state index in [-0.39, 0.29) is 11.9 Å². The molecular weight excluding hydrogens is 310 g/mol. The summed E-state index contributed by atoms with van der Waals surface area (Å²) in [5, 5.41) is 6.35. The minimum Gasteiger partial charge on any atom is -0.497 e. The van der Waals surface area contributed by atoms with E-state index in [9.17, 15) is 4.79 Å². The molecule has 23 heavy (non-hydrogen) atoms. The predicted octanol–water partition coefficient (Wildman–Crippen LogP) is 2.18. The van der Waals surface area contributed by atoms with Gasteiger partial charge in [0.25, 0.3) is 0 Å². The lowest BCUT2D eigenvalue weighted by molar-refractivity contribution is -0.133. The summed E-state index contributed by atoms with van der Waals surface area (Å²) < 4.78 is 5.21.